The SMILES string of the molecule is COSc1c(C2CC2)ccc(C(=O)Nc2nnnn2C)c1C. The van der Waals surface area contributed by atoms with Gasteiger partial charge in [0, 0.05) is 29.5 Å². The quantitative estimate of drug-likeness (QED) is 0.852. The Kier molecular flexibility index (Phi) is 4.12. The van der Waals surface area contributed by atoms with Crippen LogP contribution in [0.25, 0.3) is 0 Å². The van der Waals surface area contributed by atoms with Crippen LogP contribution in [0.3, 0.4) is 0 Å². The molecule has 2 aromatic rings. The van der Waals surface area contributed by atoms with E-state index in [1.807, 2.05) is 19.1 Å². The van der Waals surface area contributed by atoms with Crippen molar-refractivity contribution in [1.29, 1.82) is 0 Å². The predicted molar refractivity (Wildman–Crippen MR) is 82.8 cm³/mol. The number of anilines is 1. The van der Waals surface area contributed by atoms with Gasteiger partial charge in [0.2, 0.25) is 5.95 Å². The lowest BCUT2D eigenvalue weighted by Crippen LogP contribution is -2.17. The van der Waals surface area contributed by atoms with Crippen LogP contribution in [0.2, 0.25) is 0 Å². The highest BCUT2D eigenvalue weighted by atomic mass is 32.2. The number of nitrogens with zero attached hydrogens (tertiary/aromatic N) is 4. The van der Waals surface area contributed by atoms with Crippen LogP contribution < -0.4 is 5.32 Å². The molecule has 1 amide bonds. The Bertz CT molecular complexity index is 711. The summed E-state index contributed by atoms with van der Waals surface area (Å²) in [6.07, 6.45) is 2.40. The van der Waals surface area contributed by atoms with E-state index in [2.05, 4.69) is 20.8 Å². The summed E-state index contributed by atoms with van der Waals surface area (Å²) in [5.74, 6) is 0.684. The molecule has 0 bridgehead atoms. The number of rotatable bonds is 5. The third-order valence-corrected chi connectivity index (χ3v) is 4.59. The summed E-state index contributed by atoms with van der Waals surface area (Å²) in [5, 5.41) is 13.7. The molecule has 0 saturated heterocycles. The first-order valence-electron chi connectivity index (χ1n) is 6.99. The molecular formula is C14H17N5O2S. The minimum atomic E-state index is -0.226. The Labute approximate surface area is 132 Å². The van der Waals surface area contributed by atoms with E-state index >= 15 is 0 Å². The molecule has 3 rings (SSSR count). The van der Waals surface area contributed by atoms with Gasteiger partial charge < -0.3 is 4.18 Å². The highest BCUT2D eigenvalue weighted by Crippen LogP contribution is 2.45. The maximum absolute atomic E-state index is 12.5. The molecule has 8 heteroatoms. The number of benzene rings is 1. The molecule has 22 heavy (non-hydrogen) atoms. The van der Waals surface area contributed by atoms with E-state index in [0.29, 0.717) is 17.4 Å². The number of carbonyl (C=O) groups is 1. The summed E-state index contributed by atoms with van der Waals surface area (Å²) >= 11 is 1.31. The highest BCUT2D eigenvalue weighted by molar-refractivity contribution is 7.94. The van der Waals surface area contributed by atoms with Gasteiger partial charge in [0.25, 0.3) is 5.91 Å². The second kappa shape index (κ2) is 6.05. The van der Waals surface area contributed by atoms with Gasteiger partial charge in [-0.25, -0.2) is 4.68 Å². The summed E-state index contributed by atoms with van der Waals surface area (Å²) in [7, 11) is 3.31. The number of aryl methyl sites for hydroxylation is 1. The lowest BCUT2D eigenvalue weighted by molar-refractivity contribution is 0.102. The first kappa shape index (κ1) is 15.0. The fourth-order valence-corrected chi connectivity index (χ4v) is 3.11. The van der Waals surface area contributed by atoms with Crippen LogP contribution in [0.15, 0.2) is 17.0 Å². The maximum atomic E-state index is 12.5. The zero-order chi connectivity index (χ0) is 15.7. The monoisotopic (exact) mass is 319 g/mol. The highest BCUT2D eigenvalue weighted by Gasteiger charge is 2.28. The number of hydrogen-bond acceptors (Lipinski definition) is 6. The largest absolute Gasteiger partial charge is 0.314 e. The molecule has 1 aromatic carbocycles. The second-order valence-electron chi connectivity index (χ2n) is 5.26. The minimum Gasteiger partial charge on any atom is -0.314 e. The Morgan fingerprint density at radius 1 is 1.45 bits per heavy atom. The van der Waals surface area contributed by atoms with Crippen molar-refractivity contribution >= 4 is 23.9 Å². The van der Waals surface area contributed by atoms with E-state index in [9.17, 15) is 4.79 Å². The Hall–Kier alpha value is -1.93. The lowest BCUT2D eigenvalue weighted by atomic mass is 10.0. The third-order valence-electron chi connectivity index (χ3n) is 3.71. The number of aromatic nitrogens is 4. The van der Waals surface area contributed by atoms with Crippen LogP contribution in [0.5, 0.6) is 0 Å². The Morgan fingerprint density at radius 2 is 2.23 bits per heavy atom. The van der Waals surface area contributed by atoms with Crippen molar-refractivity contribution in [2.75, 3.05) is 12.4 Å². The molecular weight excluding hydrogens is 302 g/mol. The lowest BCUT2D eigenvalue weighted by Gasteiger charge is -2.14. The van der Waals surface area contributed by atoms with Crippen LogP contribution in [0.1, 0.15) is 40.2 Å². The third kappa shape index (κ3) is 2.84. The van der Waals surface area contributed by atoms with Crippen LogP contribution in [0, 0.1) is 6.92 Å². The van der Waals surface area contributed by atoms with Crippen LogP contribution >= 0.6 is 12.0 Å². The first-order valence-corrected chi connectivity index (χ1v) is 7.74. The van der Waals surface area contributed by atoms with Crippen LogP contribution in [-0.2, 0) is 11.2 Å². The normalized spacial score (nSPS) is 14.1. The van der Waals surface area contributed by atoms with Gasteiger partial charge in [-0.15, -0.1) is 0 Å². The average Bonchev–Trinajstić information content (AvgIpc) is 3.26. The number of amides is 1. The molecule has 0 radical (unpaired) electrons. The summed E-state index contributed by atoms with van der Waals surface area (Å²) in [5.41, 5.74) is 2.79. The summed E-state index contributed by atoms with van der Waals surface area (Å²) in [6, 6.07) is 3.89. The molecule has 1 fully saturated rings. The van der Waals surface area contributed by atoms with Crippen molar-refractivity contribution in [3.8, 4) is 0 Å². The molecule has 1 saturated carbocycles. The van der Waals surface area contributed by atoms with E-state index in [-0.39, 0.29) is 5.91 Å². The van der Waals surface area contributed by atoms with Crippen molar-refractivity contribution in [2.24, 2.45) is 7.05 Å². The van der Waals surface area contributed by atoms with Gasteiger partial charge in [0.15, 0.2) is 0 Å². The number of hydrogen-bond donors (Lipinski definition) is 1. The molecule has 116 valence electrons. The van der Waals surface area contributed by atoms with Gasteiger partial charge in [0.05, 0.1) is 7.11 Å². The van der Waals surface area contributed by atoms with E-state index in [1.165, 1.54) is 35.1 Å². The molecule has 0 aliphatic heterocycles. The molecule has 1 aromatic heterocycles. The molecule has 0 atom stereocenters. The number of carbonyl (C=O) groups excluding carboxylic acids is 1. The fraction of sp³-hybridized carbons (Fsp3) is 0.429. The smallest absolute Gasteiger partial charge is 0.258 e. The van der Waals surface area contributed by atoms with Gasteiger partial charge in [0.1, 0.15) is 0 Å². The van der Waals surface area contributed by atoms with Gasteiger partial charge in [-0.3, -0.25) is 10.1 Å². The number of tetrazole rings is 1. The fourth-order valence-electron chi connectivity index (χ4n) is 2.37. The van der Waals surface area contributed by atoms with E-state index in [4.69, 9.17) is 4.18 Å². The predicted octanol–water partition coefficient (Wildman–Crippen LogP) is 2.30. The average molecular weight is 319 g/mol. The van der Waals surface area contributed by atoms with Crippen molar-refractivity contribution in [2.45, 2.75) is 30.6 Å². The van der Waals surface area contributed by atoms with Gasteiger partial charge in [-0.1, -0.05) is 11.2 Å². The molecule has 0 unspecified atom stereocenters. The van der Waals surface area contributed by atoms with Crippen LogP contribution in [0.4, 0.5) is 5.95 Å². The van der Waals surface area contributed by atoms with Crippen molar-refractivity contribution < 1.29 is 8.98 Å². The number of nitrogens with one attached hydrogen (secondary N) is 1. The van der Waals surface area contributed by atoms with Gasteiger partial charge in [-0.2, -0.15) is 0 Å². The topological polar surface area (TPSA) is 81.9 Å². The molecule has 1 heterocycles. The second-order valence-corrected chi connectivity index (χ2v) is 6.17. The van der Waals surface area contributed by atoms with Crippen molar-refractivity contribution in [3.63, 3.8) is 0 Å². The summed E-state index contributed by atoms with van der Waals surface area (Å²) in [4.78, 5) is 13.5. The van der Waals surface area contributed by atoms with Crippen molar-refractivity contribution in [3.05, 3.63) is 28.8 Å². The molecule has 0 spiro atoms. The van der Waals surface area contributed by atoms with E-state index < -0.39 is 0 Å². The molecule has 1 aliphatic carbocycles. The zero-order valence-corrected chi connectivity index (χ0v) is 13.5. The first-order chi connectivity index (χ1) is 10.6. The maximum Gasteiger partial charge on any atom is 0.258 e. The van der Waals surface area contributed by atoms with Gasteiger partial charge in [-0.05, 0) is 53.3 Å². The van der Waals surface area contributed by atoms with E-state index in [1.54, 1.807) is 14.2 Å². The zero-order valence-electron chi connectivity index (χ0n) is 12.7. The van der Waals surface area contributed by atoms with Gasteiger partial charge >= 0.3 is 0 Å². The van der Waals surface area contributed by atoms with Crippen molar-refractivity contribution in [1.82, 2.24) is 20.2 Å². The standard InChI is InChI=1S/C14H17N5O2S/c1-8-10(13(20)15-14-16-17-18-19(14)2)6-7-11(9-4-5-9)12(8)22-21-3/h6-7,9H,4-5H2,1-3H3,(H,15,16,18,20). The van der Waals surface area contributed by atoms with E-state index in [0.717, 1.165) is 10.5 Å². The molecule has 7 nitrogen and oxygen atoms in total. The molecule has 1 aliphatic rings. The van der Waals surface area contributed by atoms with Crippen LogP contribution in [-0.4, -0.2) is 33.2 Å². The Balaban J connectivity index is 1.91. The minimum absolute atomic E-state index is 0.226. The summed E-state index contributed by atoms with van der Waals surface area (Å²) < 4.78 is 6.65. The Morgan fingerprint density at radius 3 is 2.82 bits per heavy atom. The summed E-state index contributed by atoms with van der Waals surface area (Å²) in [6.45, 7) is 1.94. The molecule has 1 N–H and O–H groups in total.